The zero-order chi connectivity index (χ0) is 16.9. The molecule has 24 heavy (non-hydrogen) atoms. The molecule has 0 unspecified atom stereocenters. The van der Waals surface area contributed by atoms with Crippen LogP contribution in [0.15, 0.2) is 30.3 Å². The lowest BCUT2D eigenvalue weighted by molar-refractivity contribution is 0.122. The monoisotopic (exact) mass is 329 g/mol. The molecule has 3 rings (SSSR count). The Labute approximate surface area is 142 Å². The van der Waals surface area contributed by atoms with Gasteiger partial charge in [-0.05, 0) is 17.7 Å². The minimum Gasteiger partial charge on any atom is -0.497 e. The highest BCUT2D eigenvalue weighted by Gasteiger charge is 2.16. The summed E-state index contributed by atoms with van der Waals surface area (Å²) in [6.45, 7) is 3.67. The fourth-order valence-corrected chi connectivity index (χ4v) is 2.63. The molecule has 1 aromatic heterocycles. The largest absolute Gasteiger partial charge is 0.497 e. The van der Waals surface area contributed by atoms with Crippen molar-refractivity contribution in [2.24, 2.45) is 0 Å². The highest BCUT2D eigenvalue weighted by atomic mass is 16.5. The second-order valence-corrected chi connectivity index (χ2v) is 5.75. The van der Waals surface area contributed by atoms with Crippen LogP contribution >= 0.6 is 0 Å². The zero-order valence-electron chi connectivity index (χ0n) is 14.1. The molecule has 1 aliphatic heterocycles. The minimum atomic E-state index is 0.475. The number of nitrogen functional groups attached to an aromatic ring is 1. The van der Waals surface area contributed by atoms with Gasteiger partial charge in [0, 0.05) is 32.7 Å². The van der Waals surface area contributed by atoms with Crippen molar-refractivity contribution in [3.05, 3.63) is 35.9 Å². The summed E-state index contributed by atoms with van der Waals surface area (Å²) in [4.78, 5) is 13.2. The van der Waals surface area contributed by atoms with E-state index < -0.39 is 0 Å². The van der Waals surface area contributed by atoms with Crippen molar-refractivity contribution in [1.29, 1.82) is 0 Å². The smallest absolute Gasteiger partial charge is 0.229 e. The fourth-order valence-electron chi connectivity index (χ4n) is 2.63. The third-order valence-electron chi connectivity index (χ3n) is 3.98. The van der Waals surface area contributed by atoms with Crippen LogP contribution in [0.2, 0.25) is 0 Å². The number of nitrogens with zero attached hydrogens (tertiary/aromatic N) is 4. The van der Waals surface area contributed by atoms with Crippen molar-refractivity contribution in [2.45, 2.75) is 6.54 Å². The summed E-state index contributed by atoms with van der Waals surface area (Å²) < 4.78 is 10.6. The van der Waals surface area contributed by atoms with E-state index in [0.717, 1.165) is 31.2 Å². The molecule has 0 spiro atoms. The summed E-state index contributed by atoms with van der Waals surface area (Å²) in [6, 6.07) is 9.80. The highest BCUT2D eigenvalue weighted by Crippen LogP contribution is 2.21. The van der Waals surface area contributed by atoms with Crippen LogP contribution in [0.5, 0.6) is 5.75 Å². The lowest BCUT2D eigenvalue weighted by atomic mass is 10.2. The Morgan fingerprint density at radius 1 is 1.21 bits per heavy atom. The van der Waals surface area contributed by atoms with Crippen LogP contribution in [-0.2, 0) is 11.3 Å². The van der Waals surface area contributed by atoms with Gasteiger partial charge in [0.25, 0.3) is 0 Å². The van der Waals surface area contributed by atoms with Gasteiger partial charge in [-0.3, -0.25) is 0 Å². The molecule has 0 saturated carbocycles. The van der Waals surface area contributed by atoms with Gasteiger partial charge in [0.2, 0.25) is 5.95 Å². The maximum atomic E-state index is 5.98. The zero-order valence-corrected chi connectivity index (χ0v) is 14.1. The molecule has 7 heteroatoms. The van der Waals surface area contributed by atoms with Crippen molar-refractivity contribution in [3.63, 3.8) is 0 Å². The molecule has 7 nitrogen and oxygen atoms in total. The molecule has 0 aliphatic carbocycles. The first-order chi connectivity index (χ1) is 11.7. The molecule has 2 heterocycles. The lowest BCUT2D eigenvalue weighted by Gasteiger charge is -2.28. The van der Waals surface area contributed by atoms with E-state index in [0.29, 0.717) is 25.0 Å². The molecule has 128 valence electrons. The maximum absolute atomic E-state index is 5.98. The first-order valence-electron chi connectivity index (χ1n) is 7.97. The van der Waals surface area contributed by atoms with Gasteiger partial charge in [0.05, 0.1) is 20.3 Å². The number of hydrogen-bond acceptors (Lipinski definition) is 7. The number of hydrogen-bond donors (Lipinski definition) is 1. The summed E-state index contributed by atoms with van der Waals surface area (Å²) in [6.07, 6.45) is 0. The van der Waals surface area contributed by atoms with Crippen molar-refractivity contribution in [2.75, 3.05) is 56.0 Å². The summed E-state index contributed by atoms with van der Waals surface area (Å²) in [5, 5.41) is 0. The molecular weight excluding hydrogens is 306 g/mol. The van der Waals surface area contributed by atoms with Crippen molar-refractivity contribution >= 4 is 17.6 Å². The van der Waals surface area contributed by atoms with E-state index in [2.05, 4.69) is 19.8 Å². The van der Waals surface area contributed by atoms with E-state index in [4.69, 9.17) is 15.2 Å². The van der Waals surface area contributed by atoms with Gasteiger partial charge in [-0.15, -0.1) is 0 Å². The third-order valence-corrected chi connectivity index (χ3v) is 3.98. The average Bonchev–Trinajstić information content (AvgIpc) is 2.62. The number of morpholine rings is 1. The molecule has 2 aromatic rings. The number of methoxy groups -OCH3 is 1. The van der Waals surface area contributed by atoms with Crippen LogP contribution in [-0.4, -0.2) is 50.4 Å². The Morgan fingerprint density at radius 2 is 1.92 bits per heavy atom. The lowest BCUT2D eigenvalue weighted by Crippen LogP contribution is -2.37. The fraction of sp³-hybridized carbons (Fsp3) is 0.412. The molecule has 0 atom stereocenters. The topological polar surface area (TPSA) is 76.7 Å². The van der Waals surface area contributed by atoms with E-state index in [1.807, 2.05) is 31.3 Å². The number of benzene rings is 1. The van der Waals surface area contributed by atoms with Gasteiger partial charge in [-0.25, -0.2) is 0 Å². The maximum Gasteiger partial charge on any atom is 0.229 e. The summed E-state index contributed by atoms with van der Waals surface area (Å²) in [5.41, 5.74) is 7.15. The number of rotatable bonds is 5. The van der Waals surface area contributed by atoms with Crippen LogP contribution in [0.25, 0.3) is 0 Å². The normalized spacial score (nSPS) is 14.5. The van der Waals surface area contributed by atoms with Gasteiger partial charge in [0.1, 0.15) is 17.4 Å². The van der Waals surface area contributed by atoms with E-state index in [1.54, 1.807) is 13.2 Å². The number of ether oxygens (including phenoxy) is 2. The standard InChI is InChI=1S/C17H23N5O2/c1-21(12-13-3-5-14(23-2)6-4-13)16-11-15(18)19-17(20-16)22-7-9-24-10-8-22/h3-6,11H,7-10,12H2,1-2H3,(H2,18,19,20). The Balaban J connectivity index is 1.75. The van der Waals surface area contributed by atoms with Crippen molar-refractivity contribution in [1.82, 2.24) is 9.97 Å². The van der Waals surface area contributed by atoms with Gasteiger partial charge in [0.15, 0.2) is 0 Å². The Bertz CT molecular complexity index is 671. The van der Waals surface area contributed by atoms with Crippen molar-refractivity contribution < 1.29 is 9.47 Å². The molecule has 0 amide bonds. The molecule has 0 bridgehead atoms. The SMILES string of the molecule is COc1ccc(CN(C)c2cc(N)nc(N3CCOCC3)n2)cc1. The highest BCUT2D eigenvalue weighted by molar-refractivity contribution is 5.52. The van der Waals surface area contributed by atoms with Crippen LogP contribution in [0.4, 0.5) is 17.6 Å². The number of nitrogens with two attached hydrogens (primary N) is 1. The number of anilines is 3. The third kappa shape index (κ3) is 3.86. The molecule has 1 aromatic carbocycles. The second kappa shape index (κ2) is 7.35. The van der Waals surface area contributed by atoms with Crippen molar-refractivity contribution in [3.8, 4) is 5.75 Å². The average molecular weight is 329 g/mol. The first-order valence-corrected chi connectivity index (χ1v) is 7.97. The summed E-state index contributed by atoms with van der Waals surface area (Å²) in [7, 11) is 3.66. The Morgan fingerprint density at radius 3 is 2.58 bits per heavy atom. The molecule has 1 saturated heterocycles. The molecule has 2 N–H and O–H groups in total. The van der Waals surface area contributed by atoms with Crippen LogP contribution in [0, 0.1) is 0 Å². The second-order valence-electron chi connectivity index (χ2n) is 5.75. The summed E-state index contributed by atoms with van der Waals surface area (Å²) in [5.74, 6) is 2.79. The first kappa shape index (κ1) is 16.3. The predicted octanol–water partition coefficient (Wildman–Crippen LogP) is 1.54. The summed E-state index contributed by atoms with van der Waals surface area (Å²) >= 11 is 0. The van der Waals surface area contributed by atoms with Gasteiger partial charge in [-0.1, -0.05) is 12.1 Å². The van der Waals surface area contributed by atoms with Gasteiger partial charge in [-0.2, -0.15) is 9.97 Å². The van der Waals surface area contributed by atoms with Gasteiger partial charge >= 0.3 is 0 Å². The molecule has 1 aliphatic rings. The Hall–Kier alpha value is -2.54. The van der Waals surface area contributed by atoms with Gasteiger partial charge < -0.3 is 25.0 Å². The number of aromatic nitrogens is 2. The van der Waals surface area contributed by atoms with E-state index in [9.17, 15) is 0 Å². The van der Waals surface area contributed by atoms with E-state index >= 15 is 0 Å². The van der Waals surface area contributed by atoms with Crippen LogP contribution in [0.1, 0.15) is 5.56 Å². The van der Waals surface area contributed by atoms with E-state index in [1.165, 1.54) is 5.56 Å². The van der Waals surface area contributed by atoms with Crippen LogP contribution < -0.4 is 20.3 Å². The Kier molecular flexibility index (Phi) is 5.00. The quantitative estimate of drug-likeness (QED) is 0.891. The predicted molar refractivity (Wildman–Crippen MR) is 94.6 cm³/mol. The van der Waals surface area contributed by atoms with Crippen LogP contribution in [0.3, 0.4) is 0 Å². The molecule has 0 radical (unpaired) electrons. The molecule has 1 fully saturated rings. The minimum absolute atomic E-state index is 0.475. The molecular formula is C17H23N5O2. The van der Waals surface area contributed by atoms with E-state index in [-0.39, 0.29) is 0 Å².